The molecule has 4 rings (SSSR count). The number of rotatable bonds is 0. The molecular weight excluding hydrogens is 220 g/mol. The molecule has 0 spiro atoms. The number of hydrogen-bond acceptors (Lipinski definition) is 1. The molecule has 2 heteroatoms. The quantitative estimate of drug-likeness (QED) is 0.725. The van der Waals surface area contributed by atoms with Gasteiger partial charge >= 0.3 is 0 Å². The highest BCUT2D eigenvalue weighted by Gasteiger charge is 2.38. The van der Waals surface area contributed by atoms with Crippen LogP contribution in [0.1, 0.15) is 48.4 Å². The zero-order chi connectivity index (χ0) is 12.3. The van der Waals surface area contributed by atoms with E-state index < -0.39 is 0 Å². The third-order valence-corrected chi connectivity index (χ3v) is 4.99. The molecule has 1 aromatic carbocycles. The van der Waals surface area contributed by atoms with E-state index >= 15 is 0 Å². The first-order valence-corrected chi connectivity index (χ1v) is 7.12. The Balaban J connectivity index is 2.04. The Bertz CT molecular complexity index is 611. The van der Waals surface area contributed by atoms with E-state index in [1.165, 1.54) is 36.0 Å². The van der Waals surface area contributed by atoms with E-state index in [0.29, 0.717) is 17.9 Å². The molecule has 0 radical (unpaired) electrons. The van der Waals surface area contributed by atoms with Crippen LogP contribution in [0.4, 0.5) is 0 Å². The lowest BCUT2D eigenvalue weighted by Gasteiger charge is -2.41. The molecule has 0 amide bonds. The molecule has 2 heterocycles. The largest absolute Gasteiger partial charge is 0.358 e. The number of fused-ring (bicyclic) bond motifs is 2. The van der Waals surface area contributed by atoms with Crippen LogP contribution in [0.2, 0.25) is 0 Å². The molecule has 1 fully saturated rings. The summed E-state index contributed by atoms with van der Waals surface area (Å²) in [5.41, 5.74) is 5.81. The van der Waals surface area contributed by atoms with Crippen molar-refractivity contribution in [1.29, 1.82) is 0 Å². The fourth-order valence-corrected chi connectivity index (χ4v) is 4.28. The Kier molecular flexibility index (Phi) is 2.13. The lowest BCUT2D eigenvalue weighted by Crippen LogP contribution is -2.45. The molecule has 0 saturated carbocycles. The number of aryl methyl sites for hydroxylation is 1. The van der Waals surface area contributed by atoms with Crippen LogP contribution in [0.15, 0.2) is 18.2 Å². The molecule has 2 nitrogen and oxygen atoms in total. The van der Waals surface area contributed by atoms with Gasteiger partial charge in [0.15, 0.2) is 0 Å². The Morgan fingerprint density at radius 2 is 2.17 bits per heavy atom. The summed E-state index contributed by atoms with van der Waals surface area (Å²) in [7, 11) is 0. The summed E-state index contributed by atoms with van der Waals surface area (Å²) in [6.45, 7) is 5.79. The van der Waals surface area contributed by atoms with Gasteiger partial charge in [0.2, 0.25) is 0 Å². The Hall–Kier alpha value is -1.28. The van der Waals surface area contributed by atoms with Gasteiger partial charge in [-0.15, -0.1) is 0 Å². The van der Waals surface area contributed by atoms with Gasteiger partial charge in [0.1, 0.15) is 0 Å². The second kappa shape index (κ2) is 3.61. The number of piperidine rings is 1. The van der Waals surface area contributed by atoms with E-state index in [2.05, 4.69) is 42.3 Å². The van der Waals surface area contributed by atoms with Crippen LogP contribution in [0.25, 0.3) is 10.9 Å². The van der Waals surface area contributed by atoms with Gasteiger partial charge in [-0.3, -0.25) is 0 Å². The number of nitrogens with one attached hydrogen (secondary N) is 2. The number of H-pyrrole nitrogens is 1. The second-order valence-corrected chi connectivity index (χ2v) is 5.95. The van der Waals surface area contributed by atoms with Crippen LogP contribution in [-0.2, 0) is 0 Å². The van der Waals surface area contributed by atoms with Crippen LogP contribution < -0.4 is 5.32 Å². The average Bonchev–Trinajstić information content (AvgIpc) is 2.73. The van der Waals surface area contributed by atoms with Crippen LogP contribution in [0.3, 0.4) is 0 Å². The molecule has 2 N–H and O–H groups in total. The Labute approximate surface area is 108 Å². The van der Waals surface area contributed by atoms with Crippen molar-refractivity contribution in [1.82, 2.24) is 10.3 Å². The molecule has 2 aromatic rings. The van der Waals surface area contributed by atoms with E-state index in [9.17, 15) is 0 Å². The van der Waals surface area contributed by atoms with Crippen molar-refractivity contribution in [2.24, 2.45) is 0 Å². The highest BCUT2D eigenvalue weighted by Crippen LogP contribution is 2.47. The molecule has 0 bridgehead atoms. The first kappa shape index (κ1) is 10.6. The van der Waals surface area contributed by atoms with E-state index in [-0.39, 0.29) is 0 Å². The van der Waals surface area contributed by atoms with Crippen molar-refractivity contribution in [3.8, 4) is 0 Å². The Morgan fingerprint density at radius 3 is 3.06 bits per heavy atom. The van der Waals surface area contributed by atoms with Crippen molar-refractivity contribution in [2.75, 3.05) is 6.54 Å². The predicted octanol–water partition coefficient (Wildman–Crippen LogP) is 3.43. The van der Waals surface area contributed by atoms with Gasteiger partial charge in [-0.25, -0.2) is 0 Å². The van der Waals surface area contributed by atoms with E-state index in [1.807, 2.05) is 0 Å². The maximum atomic E-state index is 3.76. The van der Waals surface area contributed by atoms with E-state index in [0.717, 1.165) is 0 Å². The average molecular weight is 240 g/mol. The summed E-state index contributed by atoms with van der Waals surface area (Å²) < 4.78 is 0. The summed E-state index contributed by atoms with van der Waals surface area (Å²) >= 11 is 0. The summed E-state index contributed by atoms with van der Waals surface area (Å²) in [4.78, 5) is 3.57. The van der Waals surface area contributed by atoms with Crippen molar-refractivity contribution in [3.05, 3.63) is 35.0 Å². The maximum absolute atomic E-state index is 3.76. The van der Waals surface area contributed by atoms with Gasteiger partial charge in [0.25, 0.3) is 0 Å². The van der Waals surface area contributed by atoms with Gasteiger partial charge in [-0.2, -0.15) is 0 Å². The molecule has 18 heavy (non-hydrogen) atoms. The zero-order valence-electron chi connectivity index (χ0n) is 11.1. The molecule has 2 unspecified atom stereocenters. The van der Waals surface area contributed by atoms with Crippen molar-refractivity contribution < 1.29 is 0 Å². The molecule has 1 aromatic heterocycles. The fraction of sp³-hybridized carbons (Fsp3) is 0.500. The minimum Gasteiger partial charge on any atom is -0.358 e. The smallest absolute Gasteiger partial charge is 0.0461 e. The predicted molar refractivity (Wildman–Crippen MR) is 75.2 cm³/mol. The first-order valence-electron chi connectivity index (χ1n) is 7.12. The Morgan fingerprint density at radius 1 is 1.28 bits per heavy atom. The van der Waals surface area contributed by atoms with Crippen molar-refractivity contribution in [2.45, 2.75) is 44.6 Å². The monoisotopic (exact) mass is 240 g/mol. The molecule has 1 aliphatic heterocycles. The highest BCUT2D eigenvalue weighted by atomic mass is 14.9. The first-order chi connectivity index (χ1) is 8.77. The number of benzene rings is 1. The van der Waals surface area contributed by atoms with Gasteiger partial charge < -0.3 is 10.3 Å². The molecule has 2 aliphatic rings. The third-order valence-electron chi connectivity index (χ3n) is 4.99. The maximum Gasteiger partial charge on any atom is 0.0461 e. The van der Waals surface area contributed by atoms with Crippen LogP contribution >= 0.6 is 0 Å². The van der Waals surface area contributed by atoms with Crippen LogP contribution in [0, 0.1) is 6.92 Å². The summed E-state index contributed by atoms with van der Waals surface area (Å²) in [6.07, 6.45) is 2.65. The van der Waals surface area contributed by atoms with E-state index in [4.69, 9.17) is 0 Å². The van der Waals surface area contributed by atoms with Gasteiger partial charge in [-0.05, 0) is 49.4 Å². The molecule has 94 valence electrons. The second-order valence-electron chi connectivity index (χ2n) is 5.95. The normalized spacial score (nSPS) is 30.4. The summed E-state index contributed by atoms with van der Waals surface area (Å²) in [6, 6.07) is 7.40. The van der Waals surface area contributed by atoms with Crippen LogP contribution in [0.5, 0.6) is 0 Å². The third kappa shape index (κ3) is 1.22. The number of aromatic nitrogens is 1. The number of hydrogen-bond donors (Lipinski definition) is 2. The lowest BCUT2D eigenvalue weighted by molar-refractivity contribution is 0.311. The van der Waals surface area contributed by atoms with Gasteiger partial charge in [0, 0.05) is 28.6 Å². The number of aromatic amines is 1. The standard InChI is InChI=1S/C16H20N2/c1-9-14-10(2)18-13-7-3-5-11(15(13)14)12-6-4-8-17-16(9)12/h3,5,7,9,12,16-18H,4,6,8H2,1-2H3/t9?,12?,16-/m1/s1. The molecular formula is C16H20N2. The molecule has 3 atom stereocenters. The van der Waals surface area contributed by atoms with Crippen LogP contribution in [-0.4, -0.2) is 17.6 Å². The lowest BCUT2D eigenvalue weighted by atomic mass is 9.70. The highest BCUT2D eigenvalue weighted by molar-refractivity contribution is 5.90. The van der Waals surface area contributed by atoms with Crippen molar-refractivity contribution >= 4 is 10.9 Å². The molecule has 1 aliphatic carbocycles. The van der Waals surface area contributed by atoms with Crippen molar-refractivity contribution in [3.63, 3.8) is 0 Å². The minimum absolute atomic E-state index is 0.624. The fourth-order valence-electron chi connectivity index (χ4n) is 4.28. The topological polar surface area (TPSA) is 27.8 Å². The van der Waals surface area contributed by atoms with E-state index in [1.54, 1.807) is 11.1 Å². The van der Waals surface area contributed by atoms with Gasteiger partial charge in [-0.1, -0.05) is 19.1 Å². The zero-order valence-corrected chi connectivity index (χ0v) is 11.1. The SMILES string of the molecule is Cc1[nH]c2cccc3c2c1C(C)[C@H]1NCCCC31. The summed E-state index contributed by atoms with van der Waals surface area (Å²) in [5, 5.41) is 5.28. The van der Waals surface area contributed by atoms with Gasteiger partial charge in [0.05, 0.1) is 0 Å². The minimum atomic E-state index is 0.624. The summed E-state index contributed by atoms with van der Waals surface area (Å²) in [5.74, 6) is 1.33. The molecule has 1 saturated heterocycles.